The molecule has 0 radical (unpaired) electrons. The molecule has 1 aromatic rings. The van der Waals surface area contributed by atoms with Crippen molar-refractivity contribution in [1.29, 1.82) is 0 Å². The van der Waals surface area contributed by atoms with Gasteiger partial charge in [-0.15, -0.1) is 0 Å². The molecular formula is C18H26N2O. The van der Waals surface area contributed by atoms with Crippen molar-refractivity contribution in [3.8, 4) is 0 Å². The molecule has 1 aromatic carbocycles. The fraction of sp³-hybridized carbons (Fsp3) is 0.611. The normalized spacial score (nSPS) is 26.1. The molecule has 1 N–H and O–H groups in total. The van der Waals surface area contributed by atoms with E-state index in [-0.39, 0.29) is 5.91 Å². The summed E-state index contributed by atoms with van der Waals surface area (Å²) in [5.74, 6) is 1.93. The maximum absolute atomic E-state index is 11.8. The summed E-state index contributed by atoms with van der Waals surface area (Å²) in [7, 11) is 0. The van der Waals surface area contributed by atoms with Crippen LogP contribution in [0.25, 0.3) is 0 Å². The summed E-state index contributed by atoms with van der Waals surface area (Å²) in [4.78, 5) is 13.7. The van der Waals surface area contributed by atoms with E-state index in [9.17, 15) is 4.79 Å². The number of anilines is 2. The van der Waals surface area contributed by atoms with Crippen LogP contribution in [0.15, 0.2) is 24.3 Å². The maximum atomic E-state index is 11.8. The average molecular weight is 286 g/mol. The van der Waals surface area contributed by atoms with Crippen LogP contribution in [0.1, 0.15) is 45.4 Å². The highest BCUT2D eigenvalue weighted by Gasteiger charge is 2.22. The highest BCUT2D eigenvalue weighted by atomic mass is 16.2. The lowest BCUT2D eigenvalue weighted by Gasteiger charge is -2.27. The minimum Gasteiger partial charge on any atom is -0.385 e. The summed E-state index contributed by atoms with van der Waals surface area (Å²) in [5.41, 5.74) is 2.19. The summed E-state index contributed by atoms with van der Waals surface area (Å²) in [6, 6.07) is 8.32. The third kappa shape index (κ3) is 3.58. The third-order valence-electron chi connectivity index (χ3n) is 4.87. The summed E-state index contributed by atoms with van der Waals surface area (Å²) < 4.78 is 0. The molecule has 2 unspecified atom stereocenters. The maximum Gasteiger partial charge on any atom is 0.227 e. The second-order valence-corrected chi connectivity index (χ2v) is 6.72. The molecule has 3 rings (SSSR count). The molecule has 3 heteroatoms. The van der Waals surface area contributed by atoms with Crippen LogP contribution in [0.2, 0.25) is 0 Å². The molecule has 0 aromatic heterocycles. The van der Waals surface area contributed by atoms with Crippen LogP contribution >= 0.6 is 0 Å². The van der Waals surface area contributed by atoms with Gasteiger partial charge in [0, 0.05) is 30.9 Å². The zero-order chi connectivity index (χ0) is 14.7. The highest BCUT2D eigenvalue weighted by molar-refractivity contribution is 5.95. The Balaban J connectivity index is 1.59. The zero-order valence-electron chi connectivity index (χ0n) is 13.0. The SMILES string of the molecule is CC1CCCC(CNc2cccc(N3CCCC3=O)c2)C1. The van der Waals surface area contributed by atoms with Crippen LogP contribution in [0.5, 0.6) is 0 Å². The Morgan fingerprint density at radius 2 is 2.19 bits per heavy atom. The first-order valence-corrected chi connectivity index (χ1v) is 8.36. The van der Waals surface area contributed by atoms with E-state index in [1.807, 2.05) is 17.0 Å². The van der Waals surface area contributed by atoms with Crippen LogP contribution in [-0.4, -0.2) is 19.0 Å². The van der Waals surface area contributed by atoms with Crippen molar-refractivity contribution in [2.75, 3.05) is 23.3 Å². The van der Waals surface area contributed by atoms with E-state index in [0.717, 1.165) is 42.7 Å². The van der Waals surface area contributed by atoms with Gasteiger partial charge >= 0.3 is 0 Å². The summed E-state index contributed by atoms with van der Waals surface area (Å²) in [6.07, 6.45) is 7.13. The van der Waals surface area contributed by atoms with Crippen LogP contribution < -0.4 is 10.2 Å². The smallest absolute Gasteiger partial charge is 0.227 e. The van der Waals surface area contributed by atoms with Crippen molar-refractivity contribution >= 4 is 17.3 Å². The lowest BCUT2D eigenvalue weighted by molar-refractivity contribution is -0.117. The van der Waals surface area contributed by atoms with Crippen LogP contribution in [0.3, 0.4) is 0 Å². The fourth-order valence-corrected chi connectivity index (χ4v) is 3.71. The Labute approximate surface area is 127 Å². The quantitative estimate of drug-likeness (QED) is 0.905. The molecule has 2 fully saturated rings. The summed E-state index contributed by atoms with van der Waals surface area (Å²) >= 11 is 0. The third-order valence-corrected chi connectivity index (χ3v) is 4.87. The number of rotatable bonds is 4. The van der Waals surface area contributed by atoms with Crippen molar-refractivity contribution in [3.05, 3.63) is 24.3 Å². The van der Waals surface area contributed by atoms with Crippen molar-refractivity contribution in [2.45, 2.75) is 45.4 Å². The molecule has 1 saturated heterocycles. The number of carbonyl (C=O) groups excluding carboxylic acids is 1. The Morgan fingerprint density at radius 1 is 1.29 bits per heavy atom. The summed E-state index contributed by atoms with van der Waals surface area (Å²) in [6.45, 7) is 4.29. The lowest BCUT2D eigenvalue weighted by atomic mass is 9.82. The Bertz CT molecular complexity index is 500. The molecule has 0 bridgehead atoms. The number of hydrogen-bond donors (Lipinski definition) is 1. The van der Waals surface area contributed by atoms with Gasteiger partial charge in [-0.3, -0.25) is 4.79 Å². The topological polar surface area (TPSA) is 32.3 Å². The minimum absolute atomic E-state index is 0.258. The minimum atomic E-state index is 0.258. The molecule has 21 heavy (non-hydrogen) atoms. The molecule has 2 atom stereocenters. The van der Waals surface area contributed by atoms with E-state index in [1.165, 1.54) is 25.7 Å². The van der Waals surface area contributed by atoms with Gasteiger partial charge < -0.3 is 10.2 Å². The van der Waals surface area contributed by atoms with E-state index < -0.39 is 0 Å². The van der Waals surface area contributed by atoms with Gasteiger partial charge in [0.15, 0.2) is 0 Å². The first-order valence-electron chi connectivity index (χ1n) is 8.36. The standard InChI is InChI=1S/C18H26N2O/c1-14-5-2-6-15(11-14)13-19-16-7-3-8-17(12-16)20-10-4-9-18(20)21/h3,7-8,12,14-15,19H,2,4-6,9-11,13H2,1H3. The number of carbonyl (C=O) groups is 1. The number of amides is 1. The number of nitrogens with one attached hydrogen (secondary N) is 1. The van der Waals surface area contributed by atoms with Gasteiger partial charge in [-0.2, -0.15) is 0 Å². The largest absolute Gasteiger partial charge is 0.385 e. The van der Waals surface area contributed by atoms with Crippen LogP contribution in [-0.2, 0) is 4.79 Å². The van der Waals surface area contributed by atoms with Crippen molar-refractivity contribution in [3.63, 3.8) is 0 Å². The molecule has 1 aliphatic heterocycles. The monoisotopic (exact) mass is 286 g/mol. The van der Waals surface area contributed by atoms with Crippen LogP contribution in [0.4, 0.5) is 11.4 Å². The van der Waals surface area contributed by atoms with Gasteiger partial charge in [0.25, 0.3) is 0 Å². The molecule has 1 saturated carbocycles. The number of hydrogen-bond acceptors (Lipinski definition) is 2. The van der Waals surface area contributed by atoms with Gasteiger partial charge in [0.05, 0.1) is 0 Å². The van der Waals surface area contributed by atoms with Gasteiger partial charge in [-0.25, -0.2) is 0 Å². The van der Waals surface area contributed by atoms with Crippen LogP contribution in [0, 0.1) is 11.8 Å². The second kappa shape index (κ2) is 6.50. The molecule has 1 aliphatic carbocycles. The first kappa shape index (κ1) is 14.4. The van der Waals surface area contributed by atoms with Crippen molar-refractivity contribution in [2.24, 2.45) is 11.8 Å². The molecule has 1 amide bonds. The molecule has 2 aliphatic rings. The molecule has 0 spiro atoms. The number of benzene rings is 1. The van der Waals surface area contributed by atoms with Crippen molar-refractivity contribution < 1.29 is 4.79 Å². The Morgan fingerprint density at radius 3 is 2.95 bits per heavy atom. The van der Waals surface area contributed by atoms with Gasteiger partial charge in [0.2, 0.25) is 5.91 Å². The predicted octanol–water partition coefficient (Wildman–Crippen LogP) is 4.05. The van der Waals surface area contributed by atoms with Crippen molar-refractivity contribution in [1.82, 2.24) is 0 Å². The zero-order valence-corrected chi connectivity index (χ0v) is 13.0. The predicted molar refractivity (Wildman–Crippen MR) is 87.6 cm³/mol. The van der Waals surface area contributed by atoms with Gasteiger partial charge in [-0.05, 0) is 49.3 Å². The highest BCUT2D eigenvalue weighted by Crippen LogP contribution is 2.29. The molecule has 3 nitrogen and oxygen atoms in total. The van der Waals surface area contributed by atoms with Gasteiger partial charge in [-0.1, -0.05) is 25.8 Å². The lowest BCUT2D eigenvalue weighted by Crippen LogP contribution is -2.24. The van der Waals surface area contributed by atoms with E-state index in [4.69, 9.17) is 0 Å². The molecule has 114 valence electrons. The van der Waals surface area contributed by atoms with E-state index in [0.29, 0.717) is 6.42 Å². The van der Waals surface area contributed by atoms with E-state index in [2.05, 4.69) is 24.4 Å². The first-order chi connectivity index (χ1) is 10.2. The number of nitrogens with zero attached hydrogens (tertiary/aromatic N) is 1. The fourth-order valence-electron chi connectivity index (χ4n) is 3.71. The van der Waals surface area contributed by atoms with E-state index in [1.54, 1.807) is 0 Å². The second-order valence-electron chi connectivity index (χ2n) is 6.72. The average Bonchev–Trinajstić information content (AvgIpc) is 2.92. The molecular weight excluding hydrogens is 260 g/mol. The van der Waals surface area contributed by atoms with Gasteiger partial charge in [0.1, 0.15) is 0 Å². The summed E-state index contributed by atoms with van der Waals surface area (Å²) in [5, 5.41) is 3.58. The Hall–Kier alpha value is -1.51. The van der Waals surface area contributed by atoms with E-state index >= 15 is 0 Å². The Kier molecular flexibility index (Phi) is 4.47. The molecule has 1 heterocycles.